The number of nitrogens with one attached hydrogen (secondary N) is 1. The molecule has 1 saturated heterocycles. The molecule has 24 heavy (non-hydrogen) atoms. The maximum absolute atomic E-state index is 12.1. The van der Waals surface area contributed by atoms with Crippen LogP contribution in [0.3, 0.4) is 0 Å². The molecule has 0 saturated carbocycles. The molecule has 136 valence electrons. The minimum absolute atomic E-state index is 0.126. The predicted octanol–water partition coefficient (Wildman–Crippen LogP) is 1.95. The SMILES string of the molecule is CCCCOCCCNC(=O)/C(C#N)=C\N1CCCCC1CCO. The maximum Gasteiger partial charge on any atom is 0.263 e. The molecule has 2 N–H and O–H groups in total. The van der Waals surface area contributed by atoms with E-state index in [1.807, 2.05) is 11.0 Å². The van der Waals surface area contributed by atoms with Gasteiger partial charge in [0.1, 0.15) is 11.6 Å². The van der Waals surface area contributed by atoms with Crippen LogP contribution in [0.4, 0.5) is 0 Å². The predicted molar refractivity (Wildman–Crippen MR) is 93.1 cm³/mol. The topological polar surface area (TPSA) is 85.6 Å². The molecule has 0 radical (unpaired) electrons. The Labute approximate surface area is 145 Å². The molecular formula is C18H31N3O3. The zero-order valence-electron chi connectivity index (χ0n) is 14.8. The average Bonchev–Trinajstić information content (AvgIpc) is 2.60. The number of aliphatic hydroxyl groups excluding tert-OH is 1. The molecular weight excluding hydrogens is 306 g/mol. The lowest BCUT2D eigenvalue weighted by Gasteiger charge is -2.34. The second-order valence-electron chi connectivity index (χ2n) is 6.13. The van der Waals surface area contributed by atoms with Crippen LogP contribution in [-0.2, 0) is 9.53 Å². The first-order chi connectivity index (χ1) is 11.7. The fourth-order valence-corrected chi connectivity index (χ4v) is 2.78. The molecule has 0 aliphatic carbocycles. The number of piperidine rings is 1. The van der Waals surface area contributed by atoms with Gasteiger partial charge in [0.25, 0.3) is 5.91 Å². The molecule has 1 heterocycles. The summed E-state index contributed by atoms with van der Waals surface area (Å²) < 4.78 is 5.44. The Bertz CT molecular complexity index is 430. The summed E-state index contributed by atoms with van der Waals surface area (Å²) in [4.78, 5) is 14.2. The fourth-order valence-electron chi connectivity index (χ4n) is 2.78. The number of rotatable bonds is 11. The Hall–Kier alpha value is -1.58. The summed E-state index contributed by atoms with van der Waals surface area (Å²) in [7, 11) is 0. The van der Waals surface area contributed by atoms with Crippen LogP contribution < -0.4 is 5.32 Å². The number of carbonyl (C=O) groups excluding carboxylic acids is 1. The Balaban J connectivity index is 2.40. The van der Waals surface area contributed by atoms with Crippen molar-refractivity contribution in [3.63, 3.8) is 0 Å². The van der Waals surface area contributed by atoms with E-state index in [4.69, 9.17) is 9.84 Å². The lowest BCUT2D eigenvalue weighted by atomic mass is 10.00. The van der Waals surface area contributed by atoms with E-state index in [0.29, 0.717) is 19.6 Å². The summed E-state index contributed by atoms with van der Waals surface area (Å²) in [5.74, 6) is -0.334. The van der Waals surface area contributed by atoms with E-state index in [2.05, 4.69) is 12.2 Å². The average molecular weight is 337 g/mol. The first kappa shape index (κ1) is 20.5. The van der Waals surface area contributed by atoms with E-state index in [1.165, 1.54) is 0 Å². The van der Waals surface area contributed by atoms with Crippen LogP contribution in [0.15, 0.2) is 11.8 Å². The number of unbranched alkanes of at least 4 members (excludes halogenated alkanes) is 1. The second-order valence-corrected chi connectivity index (χ2v) is 6.13. The molecule has 0 aromatic rings. The number of amides is 1. The number of nitriles is 1. The van der Waals surface area contributed by atoms with Gasteiger partial charge in [0.05, 0.1) is 0 Å². The van der Waals surface area contributed by atoms with Crippen molar-refractivity contribution in [1.29, 1.82) is 5.26 Å². The van der Waals surface area contributed by atoms with Crippen molar-refractivity contribution in [2.75, 3.05) is 32.9 Å². The molecule has 1 atom stereocenters. The number of nitrogens with zero attached hydrogens (tertiary/aromatic N) is 2. The standard InChI is InChI=1S/C18H31N3O3/c1-2-3-12-24-13-6-9-20-18(23)16(14-19)15-21-10-5-4-7-17(21)8-11-22/h15,17,22H,2-13H2,1H3,(H,20,23)/b16-15-. The summed E-state index contributed by atoms with van der Waals surface area (Å²) in [5, 5.41) is 21.2. The molecule has 0 aromatic heterocycles. The summed E-state index contributed by atoms with van der Waals surface area (Å²) >= 11 is 0. The highest BCUT2D eigenvalue weighted by atomic mass is 16.5. The van der Waals surface area contributed by atoms with Crippen LogP contribution in [0.25, 0.3) is 0 Å². The fraction of sp³-hybridized carbons (Fsp3) is 0.778. The molecule has 1 aliphatic rings. The molecule has 0 spiro atoms. The van der Waals surface area contributed by atoms with Gasteiger partial charge in [0, 0.05) is 45.2 Å². The molecule has 0 aromatic carbocycles. The minimum Gasteiger partial charge on any atom is -0.396 e. The lowest BCUT2D eigenvalue weighted by molar-refractivity contribution is -0.117. The van der Waals surface area contributed by atoms with Gasteiger partial charge in [0.2, 0.25) is 0 Å². The summed E-state index contributed by atoms with van der Waals surface area (Å²) in [6.07, 6.45) is 8.41. The largest absolute Gasteiger partial charge is 0.396 e. The van der Waals surface area contributed by atoms with E-state index in [9.17, 15) is 10.1 Å². The van der Waals surface area contributed by atoms with Crippen molar-refractivity contribution in [1.82, 2.24) is 10.2 Å². The van der Waals surface area contributed by atoms with Gasteiger partial charge in [0.15, 0.2) is 0 Å². The molecule has 1 fully saturated rings. The van der Waals surface area contributed by atoms with Crippen molar-refractivity contribution < 1.29 is 14.6 Å². The molecule has 0 bridgehead atoms. The van der Waals surface area contributed by atoms with Gasteiger partial charge >= 0.3 is 0 Å². The monoisotopic (exact) mass is 337 g/mol. The third-order valence-electron chi connectivity index (χ3n) is 4.19. The van der Waals surface area contributed by atoms with Crippen LogP contribution in [0.5, 0.6) is 0 Å². The quantitative estimate of drug-likeness (QED) is 0.342. The molecule has 1 rings (SSSR count). The van der Waals surface area contributed by atoms with Crippen molar-refractivity contribution in [3.8, 4) is 6.07 Å². The summed E-state index contributed by atoms with van der Waals surface area (Å²) in [6, 6.07) is 2.21. The highest BCUT2D eigenvalue weighted by Gasteiger charge is 2.21. The van der Waals surface area contributed by atoms with E-state index in [0.717, 1.165) is 51.7 Å². The normalized spacial score (nSPS) is 18.3. The van der Waals surface area contributed by atoms with E-state index < -0.39 is 0 Å². The zero-order valence-corrected chi connectivity index (χ0v) is 14.8. The van der Waals surface area contributed by atoms with E-state index in [-0.39, 0.29) is 24.1 Å². The molecule has 1 unspecified atom stereocenters. The van der Waals surface area contributed by atoms with Gasteiger partial charge < -0.3 is 20.1 Å². The van der Waals surface area contributed by atoms with Gasteiger partial charge in [-0.25, -0.2) is 0 Å². The van der Waals surface area contributed by atoms with Gasteiger partial charge in [-0.2, -0.15) is 5.26 Å². The van der Waals surface area contributed by atoms with Crippen LogP contribution >= 0.6 is 0 Å². The first-order valence-corrected chi connectivity index (χ1v) is 9.07. The zero-order chi connectivity index (χ0) is 17.6. The molecule has 6 nitrogen and oxygen atoms in total. The van der Waals surface area contributed by atoms with Crippen molar-refractivity contribution >= 4 is 5.91 Å². The summed E-state index contributed by atoms with van der Waals surface area (Å²) in [5.41, 5.74) is 0.131. The Morgan fingerprint density at radius 1 is 1.42 bits per heavy atom. The van der Waals surface area contributed by atoms with Crippen LogP contribution in [-0.4, -0.2) is 54.9 Å². The van der Waals surface area contributed by atoms with Crippen molar-refractivity contribution in [2.45, 2.75) is 57.9 Å². The third-order valence-corrected chi connectivity index (χ3v) is 4.19. The second kappa shape index (κ2) is 12.8. The summed E-state index contributed by atoms with van der Waals surface area (Å²) in [6.45, 7) is 4.96. The Morgan fingerprint density at radius 2 is 2.21 bits per heavy atom. The van der Waals surface area contributed by atoms with Gasteiger partial charge in [-0.05, 0) is 38.5 Å². The first-order valence-electron chi connectivity index (χ1n) is 9.07. The molecule has 1 amide bonds. The number of ether oxygens (including phenoxy) is 1. The maximum atomic E-state index is 12.1. The Kier molecular flexibility index (Phi) is 10.9. The van der Waals surface area contributed by atoms with Crippen LogP contribution in [0.1, 0.15) is 51.9 Å². The number of hydrogen-bond donors (Lipinski definition) is 2. The van der Waals surface area contributed by atoms with Crippen molar-refractivity contribution in [3.05, 3.63) is 11.8 Å². The highest BCUT2D eigenvalue weighted by Crippen LogP contribution is 2.20. The van der Waals surface area contributed by atoms with Gasteiger partial charge in [-0.1, -0.05) is 13.3 Å². The number of carbonyl (C=O) groups is 1. The number of aliphatic hydroxyl groups is 1. The third kappa shape index (κ3) is 7.80. The van der Waals surface area contributed by atoms with Crippen LogP contribution in [0, 0.1) is 11.3 Å². The van der Waals surface area contributed by atoms with Crippen molar-refractivity contribution in [2.24, 2.45) is 0 Å². The number of hydrogen-bond acceptors (Lipinski definition) is 5. The minimum atomic E-state index is -0.334. The van der Waals surface area contributed by atoms with Crippen LogP contribution in [0.2, 0.25) is 0 Å². The van der Waals surface area contributed by atoms with E-state index in [1.54, 1.807) is 6.20 Å². The van der Waals surface area contributed by atoms with Gasteiger partial charge in [-0.15, -0.1) is 0 Å². The Morgan fingerprint density at radius 3 is 2.92 bits per heavy atom. The smallest absolute Gasteiger partial charge is 0.263 e. The highest BCUT2D eigenvalue weighted by molar-refractivity contribution is 5.97. The number of likely N-dealkylation sites (tertiary alicyclic amines) is 1. The molecule has 6 heteroatoms. The molecule has 1 aliphatic heterocycles. The van der Waals surface area contributed by atoms with E-state index >= 15 is 0 Å². The lowest BCUT2D eigenvalue weighted by Crippen LogP contribution is -2.37. The van der Waals surface area contributed by atoms with Gasteiger partial charge in [-0.3, -0.25) is 4.79 Å².